The summed E-state index contributed by atoms with van der Waals surface area (Å²) < 4.78 is 33.2. The second-order valence-corrected chi connectivity index (χ2v) is 10.6. The number of benzene rings is 1. The van der Waals surface area contributed by atoms with E-state index in [0.717, 1.165) is 9.87 Å². The molecule has 0 saturated carbocycles. The van der Waals surface area contributed by atoms with Gasteiger partial charge in [-0.25, -0.2) is 13.4 Å². The summed E-state index contributed by atoms with van der Waals surface area (Å²) in [5, 5.41) is 0.180. The molecule has 7 nitrogen and oxygen atoms in total. The molecule has 0 bridgehead atoms. The highest BCUT2D eigenvalue weighted by atomic mass is 35.5. The van der Waals surface area contributed by atoms with Gasteiger partial charge in [0.05, 0.1) is 19.4 Å². The summed E-state index contributed by atoms with van der Waals surface area (Å²) >= 11 is 5.81. The van der Waals surface area contributed by atoms with Crippen molar-refractivity contribution in [1.82, 2.24) is 14.2 Å². The first-order chi connectivity index (χ1) is 15.1. The van der Waals surface area contributed by atoms with E-state index in [4.69, 9.17) is 16.0 Å². The Morgan fingerprint density at radius 2 is 1.75 bits per heavy atom. The van der Waals surface area contributed by atoms with Gasteiger partial charge in [-0.15, -0.1) is 0 Å². The number of amides is 1. The number of sulfonamides is 1. The van der Waals surface area contributed by atoms with Crippen LogP contribution in [0.1, 0.15) is 32.1 Å². The molecule has 0 atom stereocenters. The molecule has 0 spiro atoms. The van der Waals surface area contributed by atoms with Crippen LogP contribution >= 0.6 is 11.6 Å². The van der Waals surface area contributed by atoms with Crippen LogP contribution in [-0.2, 0) is 27.9 Å². The van der Waals surface area contributed by atoms with E-state index in [-0.39, 0.29) is 29.0 Å². The van der Waals surface area contributed by atoms with Crippen LogP contribution < -0.4 is 0 Å². The molecular formula is C23H26ClN3O4S. The number of hydrogen-bond acceptors (Lipinski definition) is 5. The number of hydrogen-bond donors (Lipinski definition) is 0. The summed E-state index contributed by atoms with van der Waals surface area (Å²) in [6.45, 7) is 5.68. The van der Waals surface area contributed by atoms with E-state index in [0.29, 0.717) is 12.3 Å². The fourth-order valence-corrected chi connectivity index (χ4v) is 4.58. The minimum atomic E-state index is -4.04. The molecule has 1 amide bonds. The normalized spacial score (nSPS) is 12.2. The number of nitrogens with zero attached hydrogens (tertiary/aromatic N) is 3. The Balaban J connectivity index is 1.91. The lowest BCUT2D eigenvalue weighted by Crippen LogP contribution is -2.50. The molecule has 2 aromatic heterocycles. The largest absolute Gasteiger partial charge is 0.468 e. The van der Waals surface area contributed by atoms with Crippen molar-refractivity contribution in [1.29, 1.82) is 0 Å². The molecule has 0 radical (unpaired) electrons. The van der Waals surface area contributed by atoms with Gasteiger partial charge in [0.25, 0.3) is 0 Å². The molecule has 3 rings (SSSR count). The Kier molecular flexibility index (Phi) is 7.38. The first-order valence-electron chi connectivity index (χ1n) is 10.1. The SMILES string of the molecule is CC(C)(C)N(Cc1ccccc1)C(=O)CN(Cc1ccco1)S(=O)(=O)c1ccc(Cl)nc1. The summed E-state index contributed by atoms with van der Waals surface area (Å²) in [7, 11) is -4.04. The van der Waals surface area contributed by atoms with Crippen LogP contribution in [0.15, 0.2) is 76.4 Å². The van der Waals surface area contributed by atoms with Crippen molar-refractivity contribution in [2.24, 2.45) is 0 Å². The van der Waals surface area contributed by atoms with Crippen LogP contribution in [-0.4, -0.2) is 40.6 Å². The third-order valence-electron chi connectivity index (χ3n) is 4.86. The van der Waals surface area contributed by atoms with Gasteiger partial charge in [-0.3, -0.25) is 4.79 Å². The number of carbonyl (C=O) groups is 1. The Labute approximate surface area is 193 Å². The standard InChI is InChI=1S/C23H26ClN3O4S/c1-23(2,3)27(15-18-8-5-4-6-9-18)22(28)17-26(16-19-10-7-13-31-19)32(29,30)20-11-12-21(24)25-14-20/h4-14H,15-17H2,1-3H3. The van der Waals surface area contributed by atoms with Gasteiger partial charge < -0.3 is 9.32 Å². The number of furan rings is 1. The quantitative estimate of drug-likeness (QED) is 0.452. The predicted molar refractivity (Wildman–Crippen MR) is 122 cm³/mol. The van der Waals surface area contributed by atoms with Gasteiger partial charge >= 0.3 is 0 Å². The van der Waals surface area contributed by atoms with Crippen molar-refractivity contribution >= 4 is 27.5 Å². The summed E-state index contributed by atoms with van der Waals surface area (Å²) in [6.07, 6.45) is 2.64. The van der Waals surface area contributed by atoms with Crippen molar-refractivity contribution in [2.75, 3.05) is 6.54 Å². The van der Waals surface area contributed by atoms with Gasteiger partial charge in [0.15, 0.2) is 0 Å². The third-order valence-corrected chi connectivity index (χ3v) is 6.86. The summed E-state index contributed by atoms with van der Waals surface area (Å²) in [5.41, 5.74) is 0.438. The lowest BCUT2D eigenvalue weighted by molar-refractivity contribution is -0.137. The van der Waals surface area contributed by atoms with Crippen LogP contribution in [0, 0.1) is 0 Å². The number of pyridine rings is 1. The van der Waals surface area contributed by atoms with Gasteiger partial charge in [0.2, 0.25) is 15.9 Å². The zero-order valence-electron chi connectivity index (χ0n) is 18.2. The van der Waals surface area contributed by atoms with E-state index in [1.807, 2.05) is 51.1 Å². The van der Waals surface area contributed by atoms with Crippen molar-refractivity contribution in [3.05, 3.63) is 83.5 Å². The molecule has 170 valence electrons. The highest BCUT2D eigenvalue weighted by molar-refractivity contribution is 7.89. The maximum absolute atomic E-state index is 13.4. The molecule has 0 saturated heterocycles. The average molecular weight is 476 g/mol. The van der Waals surface area contributed by atoms with Crippen molar-refractivity contribution < 1.29 is 17.6 Å². The molecule has 2 heterocycles. The number of carbonyl (C=O) groups excluding carboxylic acids is 1. The molecule has 0 N–H and O–H groups in total. The molecule has 0 aliphatic heterocycles. The summed E-state index contributed by atoms with van der Waals surface area (Å²) in [6, 6.07) is 15.7. The van der Waals surface area contributed by atoms with Crippen LogP contribution in [0.2, 0.25) is 5.15 Å². The Morgan fingerprint density at radius 1 is 1.03 bits per heavy atom. The van der Waals surface area contributed by atoms with E-state index in [1.54, 1.807) is 17.0 Å². The molecule has 0 aliphatic rings. The van der Waals surface area contributed by atoms with Gasteiger partial charge in [-0.1, -0.05) is 41.9 Å². The van der Waals surface area contributed by atoms with Gasteiger partial charge in [0.1, 0.15) is 15.8 Å². The van der Waals surface area contributed by atoms with E-state index >= 15 is 0 Å². The summed E-state index contributed by atoms with van der Waals surface area (Å²) in [5.74, 6) is 0.104. The zero-order chi connectivity index (χ0) is 23.4. The first kappa shape index (κ1) is 24.0. The van der Waals surface area contributed by atoms with Gasteiger partial charge in [0, 0.05) is 18.3 Å². The van der Waals surface area contributed by atoms with Crippen molar-refractivity contribution in [3.8, 4) is 0 Å². The van der Waals surface area contributed by atoms with Crippen LogP contribution in [0.3, 0.4) is 0 Å². The summed E-state index contributed by atoms with van der Waals surface area (Å²) in [4.78, 5) is 18.9. The topological polar surface area (TPSA) is 83.7 Å². The van der Waals surface area contributed by atoms with E-state index in [9.17, 15) is 13.2 Å². The van der Waals surface area contributed by atoms with Crippen LogP contribution in [0.25, 0.3) is 0 Å². The van der Waals surface area contributed by atoms with Crippen LogP contribution in [0.5, 0.6) is 0 Å². The lowest BCUT2D eigenvalue weighted by Gasteiger charge is -2.37. The molecule has 1 aromatic carbocycles. The highest BCUT2D eigenvalue weighted by Gasteiger charge is 2.33. The van der Waals surface area contributed by atoms with E-state index in [1.165, 1.54) is 24.6 Å². The fraction of sp³-hybridized carbons (Fsp3) is 0.304. The Hall–Kier alpha value is -2.68. The number of rotatable bonds is 8. The molecule has 0 aliphatic carbocycles. The lowest BCUT2D eigenvalue weighted by atomic mass is 10.0. The number of halogens is 1. The zero-order valence-corrected chi connectivity index (χ0v) is 19.8. The molecule has 0 unspecified atom stereocenters. The molecular weight excluding hydrogens is 450 g/mol. The monoisotopic (exact) mass is 475 g/mol. The smallest absolute Gasteiger partial charge is 0.245 e. The average Bonchev–Trinajstić information content (AvgIpc) is 3.25. The van der Waals surface area contributed by atoms with Crippen LogP contribution in [0.4, 0.5) is 0 Å². The second kappa shape index (κ2) is 9.85. The van der Waals surface area contributed by atoms with Crippen molar-refractivity contribution in [2.45, 2.75) is 44.3 Å². The van der Waals surface area contributed by atoms with Crippen molar-refractivity contribution in [3.63, 3.8) is 0 Å². The third kappa shape index (κ3) is 5.97. The number of aromatic nitrogens is 1. The van der Waals surface area contributed by atoms with E-state index < -0.39 is 15.6 Å². The molecule has 9 heteroatoms. The second-order valence-electron chi connectivity index (χ2n) is 8.31. The Bertz CT molecular complexity index is 1130. The van der Waals surface area contributed by atoms with Gasteiger partial charge in [-0.2, -0.15) is 4.31 Å². The minimum Gasteiger partial charge on any atom is -0.468 e. The maximum atomic E-state index is 13.4. The molecule has 0 fully saturated rings. The van der Waals surface area contributed by atoms with Gasteiger partial charge in [-0.05, 0) is 50.6 Å². The minimum absolute atomic E-state index is 0.0494. The first-order valence-corrected chi connectivity index (χ1v) is 11.9. The Morgan fingerprint density at radius 3 is 2.31 bits per heavy atom. The maximum Gasteiger partial charge on any atom is 0.245 e. The highest BCUT2D eigenvalue weighted by Crippen LogP contribution is 2.22. The van der Waals surface area contributed by atoms with E-state index in [2.05, 4.69) is 4.98 Å². The molecule has 3 aromatic rings. The molecule has 32 heavy (non-hydrogen) atoms. The fourth-order valence-electron chi connectivity index (χ4n) is 3.17. The predicted octanol–water partition coefficient (Wildman–Crippen LogP) is 4.35.